The zero-order chi connectivity index (χ0) is 16.8. The molecular formula is C18H23NO4. The molecule has 1 atom stereocenters. The second-order valence-corrected chi connectivity index (χ2v) is 5.79. The topological polar surface area (TPSA) is 55.8 Å². The van der Waals surface area contributed by atoms with Crippen LogP contribution in [-0.2, 0) is 20.7 Å². The van der Waals surface area contributed by atoms with Crippen molar-refractivity contribution >= 4 is 11.9 Å². The van der Waals surface area contributed by atoms with E-state index in [2.05, 4.69) is 6.58 Å². The van der Waals surface area contributed by atoms with Gasteiger partial charge < -0.3 is 14.4 Å². The third kappa shape index (κ3) is 4.58. The summed E-state index contributed by atoms with van der Waals surface area (Å²) in [5.41, 5.74) is 1.88. The molecule has 1 aromatic carbocycles. The number of rotatable bonds is 6. The van der Waals surface area contributed by atoms with Crippen molar-refractivity contribution in [2.75, 3.05) is 26.3 Å². The maximum atomic E-state index is 12.2. The van der Waals surface area contributed by atoms with Gasteiger partial charge in [-0.25, -0.2) is 0 Å². The van der Waals surface area contributed by atoms with E-state index in [1.807, 2.05) is 38.1 Å². The quantitative estimate of drug-likeness (QED) is 0.596. The highest BCUT2D eigenvalue weighted by Gasteiger charge is 2.28. The van der Waals surface area contributed by atoms with Crippen LogP contribution in [0, 0.1) is 5.92 Å². The maximum absolute atomic E-state index is 12.2. The van der Waals surface area contributed by atoms with Crippen molar-refractivity contribution in [2.45, 2.75) is 20.3 Å². The largest absolute Gasteiger partial charge is 0.492 e. The molecule has 1 aliphatic heterocycles. The Labute approximate surface area is 136 Å². The van der Waals surface area contributed by atoms with Crippen LogP contribution in [0.15, 0.2) is 36.4 Å². The van der Waals surface area contributed by atoms with Crippen molar-refractivity contribution < 1.29 is 19.1 Å². The number of likely N-dealkylation sites (N-methyl/N-ethyl adjacent to an activating group) is 1. The van der Waals surface area contributed by atoms with Crippen LogP contribution >= 0.6 is 0 Å². The van der Waals surface area contributed by atoms with Gasteiger partial charge in [-0.3, -0.25) is 9.59 Å². The van der Waals surface area contributed by atoms with Gasteiger partial charge in [0, 0.05) is 13.1 Å². The van der Waals surface area contributed by atoms with Gasteiger partial charge in [0.15, 0.2) is 6.61 Å². The smallest absolute Gasteiger partial charge is 0.313 e. The van der Waals surface area contributed by atoms with E-state index in [1.54, 1.807) is 4.90 Å². The first kappa shape index (κ1) is 17.1. The molecule has 0 radical (unpaired) electrons. The predicted molar refractivity (Wildman–Crippen MR) is 87.2 cm³/mol. The van der Waals surface area contributed by atoms with Crippen molar-refractivity contribution in [1.82, 2.24) is 4.90 Å². The molecule has 0 fully saturated rings. The summed E-state index contributed by atoms with van der Waals surface area (Å²) in [6.07, 6.45) is 0.576. The lowest BCUT2D eigenvalue weighted by molar-refractivity contribution is -0.156. The SMILES string of the molecule is C=C(C)CN(CC)C(=O)COC(=O)C1COc2ccccc2C1. The monoisotopic (exact) mass is 317 g/mol. The zero-order valence-corrected chi connectivity index (χ0v) is 13.7. The summed E-state index contributed by atoms with van der Waals surface area (Å²) in [5.74, 6) is -0.152. The molecule has 5 heteroatoms. The van der Waals surface area contributed by atoms with Gasteiger partial charge in [-0.1, -0.05) is 30.4 Å². The maximum Gasteiger partial charge on any atom is 0.313 e. The first-order valence-electron chi connectivity index (χ1n) is 7.80. The molecule has 0 bridgehead atoms. The van der Waals surface area contributed by atoms with Gasteiger partial charge >= 0.3 is 5.97 Å². The molecule has 23 heavy (non-hydrogen) atoms. The highest BCUT2D eigenvalue weighted by molar-refractivity contribution is 5.81. The summed E-state index contributed by atoms with van der Waals surface area (Å²) < 4.78 is 10.8. The minimum atomic E-state index is -0.390. The van der Waals surface area contributed by atoms with Crippen molar-refractivity contribution in [2.24, 2.45) is 5.92 Å². The number of amides is 1. The van der Waals surface area contributed by atoms with Gasteiger partial charge in [-0.05, 0) is 31.9 Å². The molecule has 0 saturated carbocycles. The lowest BCUT2D eigenvalue weighted by Gasteiger charge is -2.25. The number of carbonyl (C=O) groups excluding carboxylic acids is 2. The molecule has 1 aromatic rings. The van der Waals surface area contributed by atoms with Gasteiger partial charge in [-0.2, -0.15) is 0 Å². The van der Waals surface area contributed by atoms with Crippen molar-refractivity contribution in [1.29, 1.82) is 0 Å². The Bertz CT molecular complexity index is 596. The standard InChI is InChI=1S/C18H23NO4/c1-4-19(10-13(2)3)17(20)12-23-18(21)15-9-14-7-5-6-8-16(14)22-11-15/h5-8,15H,2,4,9-12H2,1,3H3. The molecule has 0 aromatic heterocycles. The number of benzene rings is 1. The minimum Gasteiger partial charge on any atom is -0.492 e. The van der Waals surface area contributed by atoms with E-state index < -0.39 is 0 Å². The third-order valence-electron chi connectivity index (χ3n) is 3.75. The number of nitrogens with zero attached hydrogens (tertiary/aromatic N) is 1. The van der Waals surface area contributed by atoms with Crippen LogP contribution in [0.4, 0.5) is 0 Å². The summed E-state index contributed by atoms with van der Waals surface area (Å²) in [6.45, 7) is 8.63. The number of hydrogen-bond acceptors (Lipinski definition) is 4. The van der Waals surface area contributed by atoms with Crippen LogP contribution in [0.1, 0.15) is 19.4 Å². The Kier molecular flexibility index (Phi) is 5.79. The Morgan fingerprint density at radius 2 is 2.13 bits per heavy atom. The van der Waals surface area contributed by atoms with E-state index in [0.29, 0.717) is 19.5 Å². The van der Waals surface area contributed by atoms with Crippen LogP contribution in [0.5, 0.6) is 5.75 Å². The summed E-state index contributed by atoms with van der Waals surface area (Å²) in [5, 5.41) is 0. The van der Waals surface area contributed by atoms with E-state index in [9.17, 15) is 9.59 Å². The number of carbonyl (C=O) groups is 2. The lowest BCUT2D eigenvalue weighted by atomic mass is 9.97. The summed E-state index contributed by atoms with van der Waals surface area (Å²) in [7, 11) is 0. The Morgan fingerprint density at radius 1 is 1.39 bits per heavy atom. The van der Waals surface area contributed by atoms with Gasteiger partial charge in [0.05, 0.1) is 5.92 Å². The molecule has 0 N–H and O–H groups in total. The summed E-state index contributed by atoms with van der Waals surface area (Å²) in [6, 6.07) is 7.63. The second-order valence-electron chi connectivity index (χ2n) is 5.79. The number of fused-ring (bicyclic) bond motifs is 1. The lowest BCUT2D eigenvalue weighted by Crippen LogP contribution is -2.37. The summed E-state index contributed by atoms with van der Waals surface area (Å²) in [4.78, 5) is 25.8. The number of esters is 1. The predicted octanol–water partition coefficient (Wildman–Crippen LogP) is 2.21. The van der Waals surface area contributed by atoms with Gasteiger partial charge in [0.1, 0.15) is 12.4 Å². The van der Waals surface area contributed by atoms with Crippen LogP contribution < -0.4 is 4.74 Å². The average Bonchev–Trinajstić information content (AvgIpc) is 2.56. The molecule has 1 aliphatic rings. The fourth-order valence-electron chi connectivity index (χ4n) is 2.52. The zero-order valence-electron chi connectivity index (χ0n) is 13.7. The van der Waals surface area contributed by atoms with Crippen LogP contribution in [0.3, 0.4) is 0 Å². The molecule has 2 rings (SSSR count). The molecule has 1 amide bonds. The molecule has 1 heterocycles. The van der Waals surface area contributed by atoms with Crippen molar-refractivity contribution in [3.63, 3.8) is 0 Å². The first-order valence-corrected chi connectivity index (χ1v) is 7.80. The fourth-order valence-corrected chi connectivity index (χ4v) is 2.52. The minimum absolute atomic E-state index is 0.207. The van der Waals surface area contributed by atoms with E-state index in [-0.39, 0.29) is 31.0 Å². The highest BCUT2D eigenvalue weighted by Crippen LogP contribution is 2.27. The molecular weight excluding hydrogens is 294 g/mol. The fraction of sp³-hybridized carbons (Fsp3) is 0.444. The molecule has 0 aliphatic carbocycles. The Balaban J connectivity index is 1.86. The average molecular weight is 317 g/mol. The molecule has 124 valence electrons. The second kappa shape index (κ2) is 7.81. The van der Waals surface area contributed by atoms with Gasteiger partial charge in [0.25, 0.3) is 5.91 Å². The van der Waals surface area contributed by atoms with Crippen molar-refractivity contribution in [3.05, 3.63) is 42.0 Å². The van der Waals surface area contributed by atoms with E-state index in [1.165, 1.54) is 0 Å². The van der Waals surface area contributed by atoms with Gasteiger partial charge in [0.2, 0.25) is 0 Å². The van der Waals surface area contributed by atoms with Crippen LogP contribution in [-0.4, -0.2) is 43.1 Å². The van der Waals surface area contributed by atoms with E-state index in [4.69, 9.17) is 9.47 Å². The molecule has 0 spiro atoms. The number of ether oxygens (including phenoxy) is 2. The first-order chi connectivity index (χ1) is 11.0. The molecule has 1 unspecified atom stereocenters. The van der Waals surface area contributed by atoms with E-state index >= 15 is 0 Å². The highest BCUT2D eigenvalue weighted by atomic mass is 16.5. The number of hydrogen-bond donors (Lipinski definition) is 0. The third-order valence-corrected chi connectivity index (χ3v) is 3.75. The number of para-hydroxylation sites is 1. The molecule has 0 saturated heterocycles. The molecule has 5 nitrogen and oxygen atoms in total. The van der Waals surface area contributed by atoms with Crippen molar-refractivity contribution in [3.8, 4) is 5.75 Å². The van der Waals surface area contributed by atoms with Crippen LogP contribution in [0.2, 0.25) is 0 Å². The Morgan fingerprint density at radius 3 is 2.83 bits per heavy atom. The van der Waals surface area contributed by atoms with Gasteiger partial charge in [-0.15, -0.1) is 0 Å². The Hall–Kier alpha value is -2.30. The van der Waals surface area contributed by atoms with Crippen LogP contribution in [0.25, 0.3) is 0 Å². The normalized spacial score (nSPS) is 16.0. The summed E-state index contributed by atoms with van der Waals surface area (Å²) >= 11 is 0. The van der Waals surface area contributed by atoms with E-state index in [0.717, 1.165) is 16.9 Å².